The Hall–Kier alpha value is -3.47. The number of nitrogens with one attached hydrogen (secondary N) is 3. The molecule has 0 bridgehead atoms. The molecule has 0 aliphatic heterocycles. The first-order valence-electron chi connectivity index (χ1n) is 7.93. The predicted octanol–water partition coefficient (Wildman–Crippen LogP) is 3.66. The molecule has 26 heavy (non-hydrogen) atoms. The van der Waals surface area contributed by atoms with Gasteiger partial charge in [-0.05, 0) is 37.1 Å². The second-order valence-electron chi connectivity index (χ2n) is 5.69. The lowest BCUT2D eigenvalue weighted by atomic mass is 10.1. The number of pyridine rings is 1. The van der Waals surface area contributed by atoms with Gasteiger partial charge in [-0.15, -0.1) is 0 Å². The van der Waals surface area contributed by atoms with Gasteiger partial charge in [-0.2, -0.15) is 10.4 Å². The average molecular weight is 354 g/mol. The van der Waals surface area contributed by atoms with Gasteiger partial charge in [-0.25, -0.2) is 13.8 Å². The van der Waals surface area contributed by atoms with Crippen LogP contribution in [0.15, 0.2) is 36.4 Å². The molecule has 0 saturated heterocycles. The molecule has 3 N–H and O–H groups in total. The van der Waals surface area contributed by atoms with E-state index in [-0.39, 0.29) is 23.0 Å². The number of benzene rings is 1. The third-order valence-electron chi connectivity index (χ3n) is 3.67. The van der Waals surface area contributed by atoms with E-state index in [0.29, 0.717) is 18.8 Å². The normalized spacial score (nSPS) is 10.4. The number of hydrogen-bond donors (Lipinski definition) is 3. The number of aromatic nitrogens is 3. The fraction of sp³-hybridized carbons (Fsp3) is 0.167. The minimum Gasteiger partial charge on any atom is -0.369 e. The van der Waals surface area contributed by atoms with Crippen molar-refractivity contribution in [2.75, 3.05) is 17.2 Å². The first-order chi connectivity index (χ1) is 12.5. The molecule has 0 spiro atoms. The van der Waals surface area contributed by atoms with Crippen LogP contribution in [0.1, 0.15) is 16.8 Å². The second-order valence-corrected chi connectivity index (χ2v) is 5.69. The maximum absolute atomic E-state index is 14.2. The minimum absolute atomic E-state index is 0.0280. The Morgan fingerprint density at radius 1 is 1.15 bits per heavy atom. The van der Waals surface area contributed by atoms with Crippen molar-refractivity contribution >= 4 is 17.5 Å². The molecule has 1 aromatic carbocycles. The van der Waals surface area contributed by atoms with E-state index in [1.807, 2.05) is 13.0 Å². The van der Waals surface area contributed by atoms with Crippen LogP contribution in [-0.4, -0.2) is 21.7 Å². The molecule has 0 unspecified atom stereocenters. The summed E-state index contributed by atoms with van der Waals surface area (Å²) in [5, 5.41) is 21.7. The van der Waals surface area contributed by atoms with E-state index in [2.05, 4.69) is 25.8 Å². The third-order valence-corrected chi connectivity index (χ3v) is 3.67. The van der Waals surface area contributed by atoms with E-state index in [1.54, 1.807) is 18.2 Å². The largest absolute Gasteiger partial charge is 0.369 e. The van der Waals surface area contributed by atoms with Crippen molar-refractivity contribution < 1.29 is 8.78 Å². The summed E-state index contributed by atoms with van der Waals surface area (Å²) in [6.45, 7) is 2.28. The third kappa shape index (κ3) is 4.13. The molecule has 132 valence electrons. The van der Waals surface area contributed by atoms with Gasteiger partial charge in [0, 0.05) is 18.3 Å². The summed E-state index contributed by atoms with van der Waals surface area (Å²) in [6, 6.07) is 10.9. The van der Waals surface area contributed by atoms with E-state index >= 15 is 0 Å². The highest BCUT2D eigenvalue weighted by atomic mass is 19.1. The van der Waals surface area contributed by atoms with Crippen molar-refractivity contribution in [1.82, 2.24) is 15.2 Å². The lowest BCUT2D eigenvalue weighted by molar-refractivity contribution is 0.626. The molecule has 0 fully saturated rings. The number of hydrogen-bond acceptors (Lipinski definition) is 5. The standard InChI is InChI=1S/C18H16F2N6/c1-11-8-16(26-25-11)23-18-15(20)9-13(10-21)17(24-18)22-7-6-12-2-4-14(19)5-3-12/h2-5,8-9H,6-7H2,1H3,(H3,22,23,24,25,26). The SMILES string of the molecule is Cc1cc(Nc2nc(NCCc3ccc(F)cc3)c(C#N)cc2F)n[nH]1. The summed E-state index contributed by atoms with van der Waals surface area (Å²) in [5.74, 6) is -0.272. The maximum Gasteiger partial charge on any atom is 0.170 e. The zero-order valence-corrected chi connectivity index (χ0v) is 14.0. The molecule has 0 atom stereocenters. The number of nitriles is 1. The Bertz CT molecular complexity index is 943. The van der Waals surface area contributed by atoms with Crippen LogP contribution >= 0.6 is 0 Å². The summed E-state index contributed by atoms with van der Waals surface area (Å²) in [4.78, 5) is 4.16. The van der Waals surface area contributed by atoms with Gasteiger partial charge in [0.15, 0.2) is 17.5 Å². The minimum atomic E-state index is -0.647. The first kappa shape index (κ1) is 17.4. The molecular formula is C18H16F2N6. The number of rotatable bonds is 6. The Balaban J connectivity index is 1.73. The van der Waals surface area contributed by atoms with E-state index in [4.69, 9.17) is 0 Å². The van der Waals surface area contributed by atoms with Crippen LogP contribution in [0.25, 0.3) is 0 Å². The highest BCUT2D eigenvalue weighted by molar-refractivity contribution is 5.61. The van der Waals surface area contributed by atoms with Gasteiger partial charge in [-0.3, -0.25) is 5.10 Å². The molecule has 2 heterocycles. The van der Waals surface area contributed by atoms with Crippen molar-refractivity contribution in [3.8, 4) is 6.07 Å². The highest BCUT2D eigenvalue weighted by Crippen LogP contribution is 2.22. The highest BCUT2D eigenvalue weighted by Gasteiger charge is 2.13. The van der Waals surface area contributed by atoms with E-state index in [1.165, 1.54) is 12.1 Å². The Kier molecular flexibility index (Phi) is 5.08. The van der Waals surface area contributed by atoms with Crippen molar-refractivity contribution in [2.45, 2.75) is 13.3 Å². The molecule has 3 rings (SSSR count). The van der Waals surface area contributed by atoms with Gasteiger partial charge < -0.3 is 10.6 Å². The van der Waals surface area contributed by atoms with Crippen LogP contribution in [0.4, 0.5) is 26.2 Å². The Labute approximate surface area is 148 Å². The summed E-state index contributed by atoms with van der Waals surface area (Å²) >= 11 is 0. The topological polar surface area (TPSA) is 89.4 Å². The number of anilines is 3. The lowest BCUT2D eigenvalue weighted by Gasteiger charge is -2.11. The Morgan fingerprint density at radius 3 is 2.58 bits per heavy atom. The molecule has 0 aliphatic rings. The molecule has 0 aliphatic carbocycles. The van der Waals surface area contributed by atoms with Gasteiger partial charge in [0.25, 0.3) is 0 Å². The molecule has 0 amide bonds. The van der Waals surface area contributed by atoms with E-state index in [0.717, 1.165) is 17.3 Å². The zero-order valence-electron chi connectivity index (χ0n) is 14.0. The van der Waals surface area contributed by atoms with Crippen LogP contribution in [0.5, 0.6) is 0 Å². The smallest absolute Gasteiger partial charge is 0.170 e. The molecule has 3 aromatic rings. The van der Waals surface area contributed by atoms with Crippen molar-refractivity contribution in [3.05, 3.63) is 64.9 Å². The number of aromatic amines is 1. The summed E-state index contributed by atoms with van der Waals surface area (Å²) in [6.07, 6.45) is 0.603. The van der Waals surface area contributed by atoms with Gasteiger partial charge >= 0.3 is 0 Å². The summed E-state index contributed by atoms with van der Waals surface area (Å²) < 4.78 is 27.1. The summed E-state index contributed by atoms with van der Waals surface area (Å²) in [7, 11) is 0. The van der Waals surface area contributed by atoms with Crippen molar-refractivity contribution in [3.63, 3.8) is 0 Å². The molecule has 0 saturated carbocycles. The number of nitrogens with zero attached hydrogens (tertiary/aromatic N) is 3. The van der Waals surface area contributed by atoms with Crippen LogP contribution in [0.3, 0.4) is 0 Å². The molecule has 8 heteroatoms. The monoisotopic (exact) mass is 354 g/mol. The predicted molar refractivity (Wildman–Crippen MR) is 94.1 cm³/mol. The quantitative estimate of drug-likeness (QED) is 0.629. The number of aryl methyl sites for hydroxylation is 1. The van der Waals surface area contributed by atoms with E-state index in [9.17, 15) is 14.0 Å². The maximum atomic E-state index is 14.2. The van der Waals surface area contributed by atoms with Crippen molar-refractivity contribution in [1.29, 1.82) is 5.26 Å². The van der Waals surface area contributed by atoms with Gasteiger partial charge in [0.2, 0.25) is 0 Å². The lowest BCUT2D eigenvalue weighted by Crippen LogP contribution is -2.10. The van der Waals surface area contributed by atoms with Gasteiger partial charge in [0.1, 0.15) is 17.7 Å². The fourth-order valence-electron chi connectivity index (χ4n) is 2.38. The van der Waals surface area contributed by atoms with Crippen LogP contribution < -0.4 is 10.6 Å². The Morgan fingerprint density at radius 2 is 1.92 bits per heavy atom. The molecule has 0 radical (unpaired) electrons. The molecular weight excluding hydrogens is 338 g/mol. The average Bonchev–Trinajstić information content (AvgIpc) is 3.04. The van der Waals surface area contributed by atoms with Gasteiger partial charge in [-0.1, -0.05) is 12.1 Å². The number of halogens is 2. The van der Waals surface area contributed by atoms with Crippen LogP contribution in [-0.2, 0) is 6.42 Å². The van der Waals surface area contributed by atoms with Crippen LogP contribution in [0.2, 0.25) is 0 Å². The summed E-state index contributed by atoms with van der Waals surface area (Å²) in [5.41, 5.74) is 1.86. The zero-order chi connectivity index (χ0) is 18.5. The van der Waals surface area contributed by atoms with Gasteiger partial charge in [0.05, 0.1) is 5.56 Å². The number of H-pyrrole nitrogens is 1. The molecule has 6 nitrogen and oxygen atoms in total. The van der Waals surface area contributed by atoms with Crippen molar-refractivity contribution in [2.24, 2.45) is 0 Å². The van der Waals surface area contributed by atoms with E-state index < -0.39 is 5.82 Å². The fourth-order valence-corrected chi connectivity index (χ4v) is 2.38. The van der Waals surface area contributed by atoms with Crippen LogP contribution in [0, 0.1) is 29.9 Å². The second kappa shape index (κ2) is 7.61. The molecule has 2 aromatic heterocycles. The first-order valence-corrected chi connectivity index (χ1v) is 7.93.